The Morgan fingerprint density at radius 1 is 0.878 bits per heavy atom. The molecule has 1 amide bonds. The van der Waals surface area contributed by atoms with E-state index >= 15 is 0 Å². The van der Waals surface area contributed by atoms with Gasteiger partial charge < -0.3 is 20.2 Å². The molecule has 204 valence electrons. The van der Waals surface area contributed by atoms with Gasteiger partial charge in [0.2, 0.25) is 11.9 Å². The topological polar surface area (TPSA) is 134 Å². The monoisotopic (exact) mass is 547 g/mol. The van der Waals surface area contributed by atoms with E-state index in [0.29, 0.717) is 54.6 Å². The van der Waals surface area contributed by atoms with Crippen LogP contribution in [0.4, 0.5) is 17.3 Å². The van der Waals surface area contributed by atoms with Crippen molar-refractivity contribution in [2.75, 3.05) is 43.0 Å². The third-order valence-electron chi connectivity index (χ3n) is 7.30. The molecule has 0 radical (unpaired) electrons. The molecule has 2 N–H and O–H groups in total. The van der Waals surface area contributed by atoms with Crippen molar-refractivity contribution in [1.29, 1.82) is 0 Å². The number of para-hydroxylation sites is 1. The molecule has 5 heterocycles. The Bertz CT molecular complexity index is 1960. The molecule has 1 aliphatic rings. The molecule has 12 nitrogen and oxygen atoms in total. The Labute approximate surface area is 233 Å². The van der Waals surface area contributed by atoms with Crippen LogP contribution in [0.25, 0.3) is 33.4 Å². The summed E-state index contributed by atoms with van der Waals surface area (Å²) in [6.07, 6.45) is 3.18. The number of aromatic nitrogens is 6. The van der Waals surface area contributed by atoms with Crippen molar-refractivity contribution >= 4 is 50.8 Å². The first-order valence-corrected chi connectivity index (χ1v) is 13.2. The van der Waals surface area contributed by atoms with Crippen LogP contribution in [0.15, 0.2) is 83.9 Å². The fourth-order valence-electron chi connectivity index (χ4n) is 5.25. The van der Waals surface area contributed by atoms with E-state index in [2.05, 4.69) is 25.2 Å². The van der Waals surface area contributed by atoms with E-state index in [1.165, 1.54) is 10.7 Å². The highest BCUT2D eigenvalue weighted by molar-refractivity contribution is 5.95. The highest BCUT2D eigenvalue weighted by Gasteiger charge is 2.21. The van der Waals surface area contributed by atoms with Crippen LogP contribution >= 0.6 is 0 Å². The molecule has 1 fully saturated rings. The first-order valence-electron chi connectivity index (χ1n) is 13.2. The van der Waals surface area contributed by atoms with E-state index in [-0.39, 0.29) is 11.5 Å². The number of hydrogen-bond acceptors (Lipinski definition) is 9. The molecular weight excluding hydrogens is 522 g/mol. The Balaban J connectivity index is 1.20. The zero-order valence-corrected chi connectivity index (χ0v) is 21.9. The third-order valence-corrected chi connectivity index (χ3v) is 7.30. The summed E-state index contributed by atoms with van der Waals surface area (Å²) in [5, 5.41) is 13.4. The second-order valence-electron chi connectivity index (χ2n) is 9.70. The number of amides is 1. The number of nitrogens with zero attached hydrogens (tertiary/aromatic N) is 8. The molecule has 0 bridgehead atoms. The van der Waals surface area contributed by atoms with E-state index in [1.54, 1.807) is 15.8 Å². The van der Waals surface area contributed by atoms with Gasteiger partial charge in [0.05, 0.1) is 5.52 Å². The van der Waals surface area contributed by atoms with E-state index < -0.39 is 6.61 Å². The molecule has 7 rings (SSSR count). The quantitative estimate of drug-likeness (QED) is 0.334. The Morgan fingerprint density at radius 2 is 1.66 bits per heavy atom. The minimum absolute atomic E-state index is 0.239. The molecular formula is C29H25N9O3. The van der Waals surface area contributed by atoms with Crippen molar-refractivity contribution < 1.29 is 9.90 Å². The Hall–Kier alpha value is -5.36. The van der Waals surface area contributed by atoms with Gasteiger partial charge in [-0.05, 0) is 48.5 Å². The van der Waals surface area contributed by atoms with E-state index in [9.17, 15) is 9.59 Å². The van der Waals surface area contributed by atoms with Crippen LogP contribution in [0.1, 0.15) is 0 Å². The van der Waals surface area contributed by atoms with Gasteiger partial charge in [-0.15, -0.1) is 0 Å². The van der Waals surface area contributed by atoms with Crippen LogP contribution in [-0.4, -0.2) is 77.8 Å². The normalized spacial score (nSPS) is 13.8. The highest BCUT2D eigenvalue weighted by atomic mass is 16.3. The van der Waals surface area contributed by atoms with Gasteiger partial charge in [-0.1, -0.05) is 18.2 Å². The number of carbonyl (C=O) groups excluding carboxylic acids is 1. The van der Waals surface area contributed by atoms with Crippen molar-refractivity contribution in [3.8, 4) is 5.82 Å². The maximum absolute atomic E-state index is 13.7. The molecule has 12 heteroatoms. The number of pyridine rings is 1. The number of anilines is 3. The number of piperazine rings is 1. The van der Waals surface area contributed by atoms with Crippen LogP contribution in [0.5, 0.6) is 0 Å². The predicted octanol–water partition coefficient (Wildman–Crippen LogP) is 2.36. The lowest BCUT2D eigenvalue weighted by Gasteiger charge is -2.35. The van der Waals surface area contributed by atoms with Crippen LogP contribution in [0.2, 0.25) is 0 Å². The number of rotatable bonds is 5. The molecule has 0 saturated carbocycles. The number of carbonyl (C=O) groups is 1. The molecule has 2 aromatic carbocycles. The first-order chi connectivity index (χ1) is 20.1. The van der Waals surface area contributed by atoms with Crippen molar-refractivity contribution in [1.82, 2.24) is 34.0 Å². The van der Waals surface area contributed by atoms with E-state index in [0.717, 1.165) is 22.3 Å². The first kappa shape index (κ1) is 24.7. The van der Waals surface area contributed by atoms with Crippen molar-refractivity contribution in [2.45, 2.75) is 0 Å². The standard InChI is InChI=1S/C29H25N9O3/c39-18-25(40)36-15-13-35(14-16-36)20-10-8-19(9-11-20)32-29-31-17-22-26(34-29)33-27-21-5-1-2-6-23(21)37(38(27)28(22)41)24-7-3-4-12-30-24/h1-12,17,39H,13-16,18H2,(H,31,32,34). The summed E-state index contributed by atoms with van der Waals surface area (Å²) < 4.78 is 3.28. The zero-order valence-electron chi connectivity index (χ0n) is 21.9. The molecule has 1 saturated heterocycles. The Morgan fingerprint density at radius 3 is 2.41 bits per heavy atom. The third kappa shape index (κ3) is 4.30. The average molecular weight is 548 g/mol. The molecule has 6 aromatic rings. The zero-order chi connectivity index (χ0) is 27.9. The van der Waals surface area contributed by atoms with Gasteiger partial charge in [-0.3, -0.25) is 9.59 Å². The number of hydrogen-bond donors (Lipinski definition) is 2. The van der Waals surface area contributed by atoms with Gasteiger partial charge in [-0.25, -0.2) is 19.6 Å². The van der Waals surface area contributed by atoms with Gasteiger partial charge >= 0.3 is 0 Å². The second kappa shape index (κ2) is 9.99. The fraction of sp³-hybridized carbons (Fsp3) is 0.172. The minimum atomic E-state index is -0.457. The number of aliphatic hydroxyl groups excluding tert-OH is 1. The summed E-state index contributed by atoms with van der Waals surface area (Å²) in [7, 11) is 0. The lowest BCUT2D eigenvalue weighted by molar-refractivity contribution is -0.134. The summed E-state index contributed by atoms with van der Waals surface area (Å²) in [4.78, 5) is 47.5. The van der Waals surface area contributed by atoms with Crippen LogP contribution in [0, 0.1) is 0 Å². The number of benzene rings is 2. The van der Waals surface area contributed by atoms with Gasteiger partial charge in [0.25, 0.3) is 5.56 Å². The van der Waals surface area contributed by atoms with Gasteiger partial charge in [-0.2, -0.15) is 9.50 Å². The fourth-order valence-corrected chi connectivity index (χ4v) is 5.25. The van der Waals surface area contributed by atoms with Crippen molar-refractivity contribution in [2.24, 2.45) is 0 Å². The molecule has 0 spiro atoms. The molecule has 0 aliphatic carbocycles. The summed E-state index contributed by atoms with van der Waals surface area (Å²) >= 11 is 0. The minimum Gasteiger partial charge on any atom is -0.387 e. The summed E-state index contributed by atoms with van der Waals surface area (Å²) in [5.41, 5.74) is 3.11. The lowest BCUT2D eigenvalue weighted by Crippen LogP contribution is -2.49. The largest absolute Gasteiger partial charge is 0.387 e. The van der Waals surface area contributed by atoms with Crippen LogP contribution in [0.3, 0.4) is 0 Å². The van der Waals surface area contributed by atoms with E-state index in [1.807, 2.05) is 66.7 Å². The van der Waals surface area contributed by atoms with Gasteiger partial charge in [0.1, 0.15) is 12.0 Å². The van der Waals surface area contributed by atoms with Gasteiger partial charge in [0, 0.05) is 55.3 Å². The lowest BCUT2D eigenvalue weighted by atomic mass is 10.2. The summed E-state index contributed by atoms with van der Waals surface area (Å²) in [5.74, 6) is 0.688. The van der Waals surface area contributed by atoms with Crippen LogP contribution in [-0.2, 0) is 4.79 Å². The number of fused-ring (bicyclic) bond motifs is 4. The molecule has 41 heavy (non-hydrogen) atoms. The smallest absolute Gasteiger partial charge is 0.284 e. The molecule has 1 aliphatic heterocycles. The molecule has 0 unspecified atom stereocenters. The van der Waals surface area contributed by atoms with Crippen molar-refractivity contribution in [3.63, 3.8) is 0 Å². The SMILES string of the molecule is O=C(CO)N1CCN(c2ccc(Nc3ncc4c(=O)n5c(nc4n3)c3ccccc3n5-c3ccccn3)cc2)CC1. The highest BCUT2D eigenvalue weighted by Crippen LogP contribution is 2.25. The number of aliphatic hydroxyl groups is 1. The maximum atomic E-state index is 13.7. The van der Waals surface area contributed by atoms with E-state index in [4.69, 9.17) is 10.1 Å². The van der Waals surface area contributed by atoms with Crippen LogP contribution < -0.4 is 15.8 Å². The van der Waals surface area contributed by atoms with Crippen molar-refractivity contribution in [3.05, 3.63) is 89.5 Å². The predicted molar refractivity (Wildman–Crippen MR) is 155 cm³/mol. The average Bonchev–Trinajstić information content (AvgIpc) is 3.36. The maximum Gasteiger partial charge on any atom is 0.284 e. The van der Waals surface area contributed by atoms with Gasteiger partial charge in [0.15, 0.2) is 17.1 Å². The molecule has 0 atom stereocenters. The second-order valence-corrected chi connectivity index (χ2v) is 9.70. The summed E-state index contributed by atoms with van der Waals surface area (Å²) in [6, 6.07) is 21.1. The summed E-state index contributed by atoms with van der Waals surface area (Å²) in [6.45, 7) is 2.08. The Kier molecular flexibility index (Phi) is 6.01. The number of nitrogens with one attached hydrogen (secondary N) is 1. The molecule has 4 aromatic heterocycles.